The van der Waals surface area contributed by atoms with Gasteiger partial charge in [-0.3, -0.25) is 9.48 Å². The quantitative estimate of drug-likeness (QED) is 0.695. The van der Waals surface area contributed by atoms with Crippen molar-refractivity contribution in [3.63, 3.8) is 0 Å². The molecular formula is C12H22N4O. The van der Waals surface area contributed by atoms with Gasteiger partial charge in [-0.25, -0.2) is 0 Å². The number of aryl methyl sites for hydroxylation is 2. The lowest BCUT2D eigenvalue weighted by Gasteiger charge is -2.03. The van der Waals surface area contributed by atoms with Crippen molar-refractivity contribution >= 4 is 5.91 Å². The molecule has 0 unspecified atom stereocenters. The first-order valence-corrected chi connectivity index (χ1v) is 6.13. The molecule has 0 aliphatic carbocycles. The fourth-order valence-electron chi connectivity index (χ4n) is 1.74. The number of hydrogen-bond donors (Lipinski definition) is 2. The Kier molecular flexibility index (Phi) is 5.69. The summed E-state index contributed by atoms with van der Waals surface area (Å²) in [7, 11) is 1.82. The van der Waals surface area contributed by atoms with E-state index in [9.17, 15) is 4.79 Å². The summed E-state index contributed by atoms with van der Waals surface area (Å²) in [6.45, 7) is 3.31. The van der Waals surface area contributed by atoms with E-state index in [-0.39, 0.29) is 5.91 Å². The van der Waals surface area contributed by atoms with Crippen LogP contribution >= 0.6 is 0 Å². The van der Waals surface area contributed by atoms with Crippen molar-refractivity contribution in [2.45, 2.75) is 32.6 Å². The molecule has 0 aliphatic heterocycles. The van der Waals surface area contributed by atoms with Crippen LogP contribution in [0.1, 0.15) is 41.7 Å². The van der Waals surface area contributed by atoms with Crippen LogP contribution in [0.3, 0.4) is 0 Å². The molecule has 0 spiro atoms. The number of unbranched alkanes of at least 4 members (excludes halogenated alkanes) is 3. The normalized spacial score (nSPS) is 10.5. The Morgan fingerprint density at radius 3 is 2.71 bits per heavy atom. The minimum atomic E-state index is -0.0329. The van der Waals surface area contributed by atoms with E-state index < -0.39 is 0 Å². The van der Waals surface area contributed by atoms with E-state index in [1.54, 1.807) is 10.9 Å². The van der Waals surface area contributed by atoms with E-state index in [0.717, 1.165) is 44.5 Å². The standard InChI is InChI=1S/C12H22N4O/c1-10-11(9-16(2)15-10)12(17)14-8-6-4-3-5-7-13/h9H,3-8,13H2,1-2H3,(H,14,17). The monoisotopic (exact) mass is 238 g/mol. The molecule has 17 heavy (non-hydrogen) atoms. The van der Waals surface area contributed by atoms with Crippen molar-refractivity contribution in [1.29, 1.82) is 0 Å². The number of carbonyl (C=O) groups excluding carboxylic acids is 1. The molecule has 5 nitrogen and oxygen atoms in total. The average molecular weight is 238 g/mol. The molecule has 1 heterocycles. The zero-order valence-electron chi connectivity index (χ0n) is 10.7. The van der Waals surface area contributed by atoms with Gasteiger partial charge in [-0.2, -0.15) is 5.10 Å². The van der Waals surface area contributed by atoms with Gasteiger partial charge in [0.25, 0.3) is 5.91 Å². The molecule has 5 heteroatoms. The molecule has 0 aromatic carbocycles. The summed E-state index contributed by atoms with van der Waals surface area (Å²) in [5.41, 5.74) is 6.84. The fraction of sp³-hybridized carbons (Fsp3) is 0.667. The lowest BCUT2D eigenvalue weighted by molar-refractivity contribution is 0.0952. The molecule has 0 bridgehead atoms. The predicted molar refractivity (Wildman–Crippen MR) is 67.8 cm³/mol. The second-order valence-corrected chi connectivity index (χ2v) is 4.26. The van der Waals surface area contributed by atoms with Gasteiger partial charge in [0.2, 0.25) is 0 Å². The largest absolute Gasteiger partial charge is 0.352 e. The Morgan fingerprint density at radius 2 is 2.12 bits per heavy atom. The zero-order valence-corrected chi connectivity index (χ0v) is 10.7. The molecule has 1 rings (SSSR count). The van der Waals surface area contributed by atoms with Gasteiger partial charge in [-0.05, 0) is 26.3 Å². The molecule has 96 valence electrons. The van der Waals surface area contributed by atoms with Crippen LogP contribution in [0, 0.1) is 6.92 Å². The summed E-state index contributed by atoms with van der Waals surface area (Å²) in [5.74, 6) is -0.0329. The molecule has 0 saturated carbocycles. The lowest BCUT2D eigenvalue weighted by atomic mass is 10.2. The van der Waals surface area contributed by atoms with E-state index in [0.29, 0.717) is 5.56 Å². The SMILES string of the molecule is Cc1nn(C)cc1C(=O)NCCCCCCN. The highest BCUT2D eigenvalue weighted by Gasteiger charge is 2.11. The van der Waals surface area contributed by atoms with Crippen molar-refractivity contribution in [3.8, 4) is 0 Å². The Morgan fingerprint density at radius 1 is 1.41 bits per heavy atom. The molecule has 0 atom stereocenters. The number of aromatic nitrogens is 2. The maximum Gasteiger partial charge on any atom is 0.254 e. The van der Waals surface area contributed by atoms with Crippen LogP contribution in [-0.4, -0.2) is 28.8 Å². The number of nitrogens with two attached hydrogens (primary N) is 1. The van der Waals surface area contributed by atoms with Crippen LogP contribution in [0.4, 0.5) is 0 Å². The molecule has 0 radical (unpaired) electrons. The predicted octanol–water partition coefficient (Wildman–Crippen LogP) is 0.977. The molecule has 1 amide bonds. The molecular weight excluding hydrogens is 216 g/mol. The van der Waals surface area contributed by atoms with Crippen molar-refractivity contribution in [2.24, 2.45) is 12.8 Å². The van der Waals surface area contributed by atoms with E-state index in [1.165, 1.54) is 0 Å². The third-order valence-electron chi connectivity index (χ3n) is 2.67. The fourth-order valence-corrected chi connectivity index (χ4v) is 1.74. The van der Waals surface area contributed by atoms with Crippen LogP contribution in [0.25, 0.3) is 0 Å². The van der Waals surface area contributed by atoms with Crippen LogP contribution in [0.2, 0.25) is 0 Å². The van der Waals surface area contributed by atoms with Crippen molar-refractivity contribution in [1.82, 2.24) is 15.1 Å². The Bertz CT molecular complexity index is 359. The molecule has 0 aliphatic rings. The summed E-state index contributed by atoms with van der Waals surface area (Å²) in [4.78, 5) is 11.8. The van der Waals surface area contributed by atoms with Gasteiger partial charge in [-0.1, -0.05) is 12.8 Å². The zero-order chi connectivity index (χ0) is 12.7. The summed E-state index contributed by atoms with van der Waals surface area (Å²) < 4.78 is 1.66. The summed E-state index contributed by atoms with van der Waals surface area (Å²) in [5, 5.41) is 7.05. The summed E-state index contributed by atoms with van der Waals surface area (Å²) >= 11 is 0. The Hall–Kier alpha value is -1.36. The third kappa shape index (κ3) is 4.56. The number of carbonyl (C=O) groups is 1. The van der Waals surface area contributed by atoms with E-state index in [4.69, 9.17) is 5.73 Å². The van der Waals surface area contributed by atoms with Crippen LogP contribution < -0.4 is 11.1 Å². The van der Waals surface area contributed by atoms with Crippen molar-refractivity contribution in [2.75, 3.05) is 13.1 Å². The number of nitrogens with one attached hydrogen (secondary N) is 1. The summed E-state index contributed by atoms with van der Waals surface area (Å²) in [6, 6.07) is 0. The number of rotatable bonds is 7. The van der Waals surface area contributed by atoms with E-state index >= 15 is 0 Å². The van der Waals surface area contributed by atoms with Crippen LogP contribution in [-0.2, 0) is 7.05 Å². The van der Waals surface area contributed by atoms with E-state index in [1.807, 2.05) is 14.0 Å². The second kappa shape index (κ2) is 7.06. The van der Waals surface area contributed by atoms with Gasteiger partial charge in [0, 0.05) is 19.8 Å². The Labute approximate surface area is 102 Å². The molecule has 3 N–H and O–H groups in total. The smallest absolute Gasteiger partial charge is 0.254 e. The van der Waals surface area contributed by atoms with Crippen LogP contribution in [0.15, 0.2) is 6.20 Å². The van der Waals surface area contributed by atoms with Crippen molar-refractivity contribution < 1.29 is 4.79 Å². The minimum absolute atomic E-state index is 0.0329. The first-order valence-electron chi connectivity index (χ1n) is 6.13. The highest BCUT2D eigenvalue weighted by atomic mass is 16.1. The topological polar surface area (TPSA) is 72.9 Å². The molecule has 1 aromatic rings. The van der Waals surface area contributed by atoms with Gasteiger partial charge in [0.1, 0.15) is 0 Å². The average Bonchev–Trinajstić information content (AvgIpc) is 2.62. The number of nitrogens with zero attached hydrogens (tertiary/aromatic N) is 2. The van der Waals surface area contributed by atoms with Gasteiger partial charge in [0.15, 0.2) is 0 Å². The highest BCUT2D eigenvalue weighted by Crippen LogP contribution is 2.04. The third-order valence-corrected chi connectivity index (χ3v) is 2.67. The first-order chi connectivity index (χ1) is 8.15. The van der Waals surface area contributed by atoms with Crippen LogP contribution in [0.5, 0.6) is 0 Å². The number of hydrogen-bond acceptors (Lipinski definition) is 3. The summed E-state index contributed by atoms with van der Waals surface area (Å²) in [6.07, 6.45) is 6.07. The maximum absolute atomic E-state index is 11.8. The van der Waals surface area contributed by atoms with Gasteiger partial charge >= 0.3 is 0 Å². The maximum atomic E-state index is 11.8. The molecule has 1 aromatic heterocycles. The first kappa shape index (κ1) is 13.7. The minimum Gasteiger partial charge on any atom is -0.352 e. The highest BCUT2D eigenvalue weighted by molar-refractivity contribution is 5.94. The second-order valence-electron chi connectivity index (χ2n) is 4.26. The van der Waals surface area contributed by atoms with Gasteiger partial charge < -0.3 is 11.1 Å². The lowest BCUT2D eigenvalue weighted by Crippen LogP contribution is -2.24. The van der Waals surface area contributed by atoms with Crippen molar-refractivity contribution in [3.05, 3.63) is 17.5 Å². The van der Waals surface area contributed by atoms with Gasteiger partial charge in [-0.15, -0.1) is 0 Å². The Balaban J connectivity index is 2.23. The number of amides is 1. The molecule has 0 fully saturated rings. The van der Waals surface area contributed by atoms with Gasteiger partial charge in [0.05, 0.1) is 11.3 Å². The molecule has 0 saturated heterocycles. The van der Waals surface area contributed by atoms with E-state index in [2.05, 4.69) is 10.4 Å².